The van der Waals surface area contributed by atoms with Crippen LogP contribution in [0.4, 0.5) is 0 Å². The summed E-state index contributed by atoms with van der Waals surface area (Å²) >= 11 is 0. The average Bonchev–Trinajstić information content (AvgIpc) is 2.50. The molecule has 1 nitrogen and oxygen atoms in total. The Balaban J connectivity index is 3.01. The minimum atomic E-state index is 0.697. The Hall–Kier alpha value is -0.770. The van der Waals surface area contributed by atoms with Crippen molar-refractivity contribution in [3.8, 4) is 6.07 Å². The molecule has 0 aliphatic rings. The van der Waals surface area contributed by atoms with Gasteiger partial charge in [0.2, 0.25) is 0 Å². The monoisotopic (exact) mass is 291 g/mol. The molecule has 21 heavy (non-hydrogen) atoms. The number of rotatable bonds is 16. The van der Waals surface area contributed by atoms with E-state index in [4.69, 9.17) is 5.26 Å². The van der Waals surface area contributed by atoms with E-state index in [1.54, 1.807) is 0 Å². The molecule has 0 aromatic rings. The zero-order chi connectivity index (χ0) is 15.4. The highest BCUT2D eigenvalue weighted by molar-refractivity contribution is 4.82. The Morgan fingerprint density at radius 3 is 1.52 bits per heavy atom. The summed E-state index contributed by atoms with van der Waals surface area (Å²) in [5.41, 5.74) is 0. The predicted octanol–water partition coefficient (Wildman–Crippen LogP) is 7.33. The fourth-order valence-corrected chi connectivity index (χ4v) is 2.64. The standard InChI is InChI=1S/C20H37N/c1-2-3-4-5-6-7-8-9-10-11-12-13-14-15-16-17-18-19-20-21/h15-16H,2-14,17-19H2,1H3/b16-15+. The first-order chi connectivity index (χ1) is 10.4. The van der Waals surface area contributed by atoms with Crippen LogP contribution >= 0.6 is 0 Å². The van der Waals surface area contributed by atoms with E-state index in [9.17, 15) is 0 Å². The zero-order valence-corrected chi connectivity index (χ0v) is 14.4. The Kier molecular flexibility index (Phi) is 18.5. The van der Waals surface area contributed by atoms with E-state index in [1.165, 1.54) is 83.5 Å². The number of unbranched alkanes of at least 4 members (excludes halogenated alkanes) is 14. The van der Waals surface area contributed by atoms with Crippen LogP contribution in [0, 0.1) is 11.3 Å². The van der Waals surface area contributed by atoms with Crippen LogP contribution in [0.25, 0.3) is 0 Å². The predicted molar refractivity (Wildman–Crippen MR) is 94.3 cm³/mol. The molecular formula is C20H37N. The van der Waals surface area contributed by atoms with E-state index >= 15 is 0 Å². The number of allylic oxidation sites excluding steroid dienone is 2. The topological polar surface area (TPSA) is 23.8 Å². The van der Waals surface area contributed by atoms with Gasteiger partial charge in [0, 0.05) is 6.42 Å². The van der Waals surface area contributed by atoms with E-state index in [0.717, 1.165) is 12.8 Å². The molecule has 0 aliphatic carbocycles. The largest absolute Gasteiger partial charge is 0.198 e. The lowest BCUT2D eigenvalue weighted by Gasteiger charge is -2.02. The third-order valence-electron chi connectivity index (χ3n) is 4.05. The third kappa shape index (κ3) is 19.2. The van der Waals surface area contributed by atoms with Gasteiger partial charge in [0.25, 0.3) is 0 Å². The third-order valence-corrected chi connectivity index (χ3v) is 4.05. The lowest BCUT2D eigenvalue weighted by atomic mass is 10.0. The summed E-state index contributed by atoms with van der Waals surface area (Å²) in [5, 5.41) is 8.42. The van der Waals surface area contributed by atoms with Gasteiger partial charge in [-0.15, -0.1) is 0 Å². The molecule has 0 heterocycles. The molecule has 0 atom stereocenters. The van der Waals surface area contributed by atoms with Crippen LogP contribution in [-0.4, -0.2) is 0 Å². The molecule has 0 amide bonds. The van der Waals surface area contributed by atoms with Crippen molar-refractivity contribution in [3.05, 3.63) is 12.2 Å². The number of nitriles is 1. The summed E-state index contributed by atoms with van der Waals surface area (Å²) in [6.45, 7) is 2.28. The molecule has 0 fully saturated rings. The molecule has 0 rings (SSSR count). The van der Waals surface area contributed by atoms with Gasteiger partial charge in [-0.2, -0.15) is 5.26 Å². The minimum Gasteiger partial charge on any atom is -0.198 e. The summed E-state index contributed by atoms with van der Waals surface area (Å²) < 4.78 is 0. The van der Waals surface area contributed by atoms with Crippen molar-refractivity contribution in [2.75, 3.05) is 0 Å². The van der Waals surface area contributed by atoms with E-state index < -0.39 is 0 Å². The average molecular weight is 292 g/mol. The summed E-state index contributed by atoms with van der Waals surface area (Å²) in [6.07, 6.45) is 25.6. The van der Waals surface area contributed by atoms with Gasteiger partial charge < -0.3 is 0 Å². The highest BCUT2D eigenvalue weighted by Gasteiger charge is 1.92. The van der Waals surface area contributed by atoms with Crippen molar-refractivity contribution in [1.82, 2.24) is 0 Å². The number of hydrogen-bond acceptors (Lipinski definition) is 1. The maximum absolute atomic E-state index is 8.42. The Morgan fingerprint density at radius 2 is 1.05 bits per heavy atom. The van der Waals surface area contributed by atoms with Gasteiger partial charge in [0.1, 0.15) is 0 Å². The maximum atomic E-state index is 8.42. The fourth-order valence-electron chi connectivity index (χ4n) is 2.64. The first kappa shape index (κ1) is 20.2. The van der Waals surface area contributed by atoms with Crippen molar-refractivity contribution in [2.45, 2.75) is 110 Å². The van der Waals surface area contributed by atoms with Crippen molar-refractivity contribution in [3.63, 3.8) is 0 Å². The first-order valence-corrected chi connectivity index (χ1v) is 9.43. The van der Waals surface area contributed by atoms with Gasteiger partial charge in [-0.25, -0.2) is 0 Å². The van der Waals surface area contributed by atoms with Crippen molar-refractivity contribution in [1.29, 1.82) is 5.26 Å². The van der Waals surface area contributed by atoms with Crippen LogP contribution in [0.2, 0.25) is 0 Å². The van der Waals surface area contributed by atoms with Crippen molar-refractivity contribution < 1.29 is 0 Å². The second-order valence-corrected chi connectivity index (χ2v) is 6.20. The molecule has 122 valence electrons. The molecule has 0 radical (unpaired) electrons. The Bertz CT molecular complexity index is 249. The molecule has 1 heteroatoms. The Labute approximate surface area is 133 Å². The molecular weight excluding hydrogens is 254 g/mol. The molecule has 0 saturated carbocycles. The summed E-state index contributed by atoms with van der Waals surface area (Å²) in [4.78, 5) is 0. The maximum Gasteiger partial charge on any atom is 0.0621 e. The first-order valence-electron chi connectivity index (χ1n) is 9.43. The van der Waals surface area contributed by atoms with E-state index in [2.05, 4.69) is 25.1 Å². The van der Waals surface area contributed by atoms with Crippen LogP contribution in [0.3, 0.4) is 0 Å². The molecule has 0 unspecified atom stereocenters. The second kappa shape index (κ2) is 19.2. The summed E-state index contributed by atoms with van der Waals surface area (Å²) in [6, 6.07) is 2.19. The fraction of sp³-hybridized carbons (Fsp3) is 0.850. The molecule has 0 saturated heterocycles. The van der Waals surface area contributed by atoms with Gasteiger partial charge in [-0.05, 0) is 25.7 Å². The van der Waals surface area contributed by atoms with Crippen LogP contribution in [0.15, 0.2) is 12.2 Å². The smallest absolute Gasteiger partial charge is 0.0621 e. The summed E-state index contributed by atoms with van der Waals surface area (Å²) in [7, 11) is 0. The molecule has 0 aliphatic heterocycles. The van der Waals surface area contributed by atoms with Gasteiger partial charge in [-0.3, -0.25) is 0 Å². The van der Waals surface area contributed by atoms with Crippen LogP contribution < -0.4 is 0 Å². The molecule has 0 spiro atoms. The van der Waals surface area contributed by atoms with Gasteiger partial charge >= 0.3 is 0 Å². The van der Waals surface area contributed by atoms with Gasteiger partial charge in [-0.1, -0.05) is 89.7 Å². The minimum absolute atomic E-state index is 0.697. The van der Waals surface area contributed by atoms with Crippen LogP contribution in [0.5, 0.6) is 0 Å². The quantitative estimate of drug-likeness (QED) is 0.216. The van der Waals surface area contributed by atoms with Crippen LogP contribution in [-0.2, 0) is 0 Å². The van der Waals surface area contributed by atoms with E-state index in [1.807, 2.05) is 0 Å². The summed E-state index contributed by atoms with van der Waals surface area (Å²) in [5.74, 6) is 0. The SMILES string of the molecule is CCCCCCCCCCCCCC/C=C/CCCC#N. The van der Waals surface area contributed by atoms with Crippen molar-refractivity contribution in [2.24, 2.45) is 0 Å². The highest BCUT2D eigenvalue weighted by Crippen LogP contribution is 2.12. The van der Waals surface area contributed by atoms with E-state index in [0.29, 0.717) is 6.42 Å². The Morgan fingerprint density at radius 1 is 0.619 bits per heavy atom. The highest BCUT2D eigenvalue weighted by atomic mass is 14.2. The van der Waals surface area contributed by atoms with Crippen molar-refractivity contribution >= 4 is 0 Å². The lowest BCUT2D eigenvalue weighted by Crippen LogP contribution is -1.82. The van der Waals surface area contributed by atoms with E-state index in [-0.39, 0.29) is 0 Å². The molecule has 0 N–H and O–H groups in total. The lowest BCUT2D eigenvalue weighted by molar-refractivity contribution is 0.545. The van der Waals surface area contributed by atoms with Gasteiger partial charge in [0.05, 0.1) is 6.07 Å². The molecule has 0 bridgehead atoms. The molecule has 0 aromatic carbocycles. The number of nitrogens with zero attached hydrogens (tertiary/aromatic N) is 1. The van der Waals surface area contributed by atoms with Crippen LogP contribution in [0.1, 0.15) is 110 Å². The molecule has 0 aromatic heterocycles. The zero-order valence-electron chi connectivity index (χ0n) is 14.4. The van der Waals surface area contributed by atoms with Gasteiger partial charge in [0.15, 0.2) is 0 Å². The second-order valence-electron chi connectivity index (χ2n) is 6.20. The number of hydrogen-bond donors (Lipinski definition) is 0. The normalized spacial score (nSPS) is 11.0.